The van der Waals surface area contributed by atoms with E-state index in [1.807, 2.05) is 6.92 Å². The van der Waals surface area contributed by atoms with Crippen molar-refractivity contribution >= 4 is 21.8 Å². The van der Waals surface area contributed by atoms with Crippen molar-refractivity contribution in [3.8, 4) is 0 Å². The second kappa shape index (κ2) is 5.37. The van der Waals surface area contributed by atoms with E-state index < -0.39 is 15.9 Å². The molecule has 7 nitrogen and oxygen atoms in total. The Kier molecular flexibility index (Phi) is 3.96. The number of ether oxygens (including phenoxy) is 1. The molecule has 0 bridgehead atoms. The van der Waals surface area contributed by atoms with Gasteiger partial charge in [0.25, 0.3) is 0 Å². The summed E-state index contributed by atoms with van der Waals surface area (Å²) in [6.45, 7) is 2.24. The molecule has 0 spiro atoms. The van der Waals surface area contributed by atoms with Crippen LogP contribution in [0.15, 0.2) is 23.2 Å². The standard InChI is InChI=1S/C12H17N3O4S/c1-8-6-15(7-10(8)12(16)19-2)20(17,18)9-3-4-11(13)14-5-9/h3-5,8,10H,6-7H2,1-2H3,(H2,13,14). The van der Waals surface area contributed by atoms with E-state index in [1.54, 1.807) is 0 Å². The predicted molar refractivity (Wildman–Crippen MR) is 72.1 cm³/mol. The molecule has 8 heteroatoms. The van der Waals surface area contributed by atoms with Crippen molar-refractivity contribution in [3.63, 3.8) is 0 Å². The molecule has 2 unspecified atom stereocenters. The number of nitrogen functional groups attached to an aromatic ring is 1. The minimum atomic E-state index is -3.66. The van der Waals surface area contributed by atoms with Gasteiger partial charge in [-0.3, -0.25) is 4.79 Å². The number of hydrogen-bond acceptors (Lipinski definition) is 6. The number of nitrogens with two attached hydrogens (primary N) is 1. The third-order valence-corrected chi connectivity index (χ3v) is 5.29. The van der Waals surface area contributed by atoms with Gasteiger partial charge in [0, 0.05) is 19.3 Å². The van der Waals surface area contributed by atoms with Gasteiger partial charge in [-0.25, -0.2) is 13.4 Å². The highest BCUT2D eigenvalue weighted by molar-refractivity contribution is 7.89. The summed E-state index contributed by atoms with van der Waals surface area (Å²) in [5.74, 6) is -0.646. The van der Waals surface area contributed by atoms with Crippen LogP contribution in [-0.4, -0.2) is 43.9 Å². The van der Waals surface area contributed by atoms with E-state index in [4.69, 9.17) is 10.5 Å². The Morgan fingerprint density at radius 1 is 1.45 bits per heavy atom. The Labute approximate surface area is 117 Å². The first-order chi connectivity index (χ1) is 9.36. The van der Waals surface area contributed by atoms with Crippen LogP contribution in [0, 0.1) is 11.8 Å². The quantitative estimate of drug-likeness (QED) is 0.794. The molecule has 20 heavy (non-hydrogen) atoms. The maximum atomic E-state index is 12.4. The van der Waals surface area contributed by atoms with Crippen LogP contribution in [0.4, 0.5) is 5.82 Å². The number of esters is 1. The molecule has 1 aromatic rings. The minimum Gasteiger partial charge on any atom is -0.469 e. The zero-order chi connectivity index (χ0) is 14.9. The molecule has 0 radical (unpaired) electrons. The van der Waals surface area contributed by atoms with Gasteiger partial charge in [0.1, 0.15) is 10.7 Å². The molecule has 1 saturated heterocycles. The van der Waals surface area contributed by atoms with Crippen LogP contribution in [0.5, 0.6) is 0 Å². The van der Waals surface area contributed by atoms with Gasteiger partial charge in [0.15, 0.2) is 0 Å². The second-order valence-corrected chi connectivity index (χ2v) is 6.79. The van der Waals surface area contributed by atoms with Crippen molar-refractivity contribution < 1.29 is 17.9 Å². The van der Waals surface area contributed by atoms with E-state index in [9.17, 15) is 13.2 Å². The number of hydrogen-bond donors (Lipinski definition) is 1. The molecular weight excluding hydrogens is 282 g/mol. The van der Waals surface area contributed by atoms with Gasteiger partial charge in [-0.05, 0) is 18.1 Å². The smallest absolute Gasteiger partial charge is 0.310 e. The SMILES string of the molecule is COC(=O)C1CN(S(=O)(=O)c2ccc(N)nc2)CC1C. The molecular formula is C12H17N3O4S. The molecule has 2 heterocycles. The average molecular weight is 299 g/mol. The van der Waals surface area contributed by atoms with Crippen LogP contribution in [0.2, 0.25) is 0 Å². The predicted octanol–water partition coefficient (Wildman–Crippen LogP) is 0.0934. The van der Waals surface area contributed by atoms with Crippen LogP contribution in [-0.2, 0) is 19.6 Å². The van der Waals surface area contributed by atoms with Gasteiger partial charge in [0.05, 0.1) is 13.0 Å². The molecule has 110 valence electrons. The number of anilines is 1. The molecule has 0 amide bonds. The highest BCUT2D eigenvalue weighted by Crippen LogP contribution is 2.29. The van der Waals surface area contributed by atoms with Gasteiger partial charge in [-0.1, -0.05) is 6.92 Å². The van der Waals surface area contributed by atoms with E-state index in [0.29, 0.717) is 0 Å². The lowest BCUT2D eigenvalue weighted by atomic mass is 9.99. The van der Waals surface area contributed by atoms with E-state index in [-0.39, 0.29) is 35.7 Å². The van der Waals surface area contributed by atoms with E-state index in [0.717, 1.165) is 0 Å². The van der Waals surface area contributed by atoms with Crippen LogP contribution in [0.3, 0.4) is 0 Å². The summed E-state index contributed by atoms with van der Waals surface area (Å²) >= 11 is 0. The zero-order valence-electron chi connectivity index (χ0n) is 11.3. The molecule has 1 aromatic heterocycles. The topological polar surface area (TPSA) is 103 Å². The number of nitrogens with zero attached hydrogens (tertiary/aromatic N) is 2. The first-order valence-electron chi connectivity index (χ1n) is 6.15. The highest BCUT2D eigenvalue weighted by Gasteiger charge is 2.41. The largest absolute Gasteiger partial charge is 0.469 e. The third kappa shape index (κ3) is 2.61. The van der Waals surface area contributed by atoms with Crippen molar-refractivity contribution in [3.05, 3.63) is 18.3 Å². The number of sulfonamides is 1. The number of methoxy groups -OCH3 is 1. The Hall–Kier alpha value is -1.67. The van der Waals surface area contributed by atoms with Crippen molar-refractivity contribution in [1.82, 2.24) is 9.29 Å². The van der Waals surface area contributed by atoms with Crippen LogP contribution >= 0.6 is 0 Å². The van der Waals surface area contributed by atoms with Crippen molar-refractivity contribution in [2.24, 2.45) is 11.8 Å². The Balaban J connectivity index is 2.24. The van der Waals surface area contributed by atoms with Gasteiger partial charge in [0.2, 0.25) is 10.0 Å². The molecule has 1 fully saturated rings. The number of pyridine rings is 1. The summed E-state index contributed by atoms with van der Waals surface area (Å²) in [7, 11) is -2.35. The van der Waals surface area contributed by atoms with Crippen molar-refractivity contribution in [1.29, 1.82) is 0 Å². The van der Waals surface area contributed by atoms with Crippen LogP contribution in [0.25, 0.3) is 0 Å². The number of carbonyl (C=O) groups is 1. The van der Waals surface area contributed by atoms with Gasteiger partial charge < -0.3 is 10.5 Å². The summed E-state index contributed by atoms with van der Waals surface area (Å²) in [5, 5.41) is 0. The molecule has 2 N–H and O–H groups in total. The summed E-state index contributed by atoms with van der Waals surface area (Å²) in [5.41, 5.74) is 5.44. The normalized spacial score (nSPS) is 23.7. The molecule has 2 atom stereocenters. The lowest BCUT2D eigenvalue weighted by molar-refractivity contribution is -0.145. The van der Waals surface area contributed by atoms with Gasteiger partial charge in [-0.2, -0.15) is 4.31 Å². The number of carbonyl (C=O) groups excluding carboxylic acids is 1. The van der Waals surface area contributed by atoms with Crippen LogP contribution in [0.1, 0.15) is 6.92 Å². The Morgan fingerprint density at radius 3 is 2.70 bits per heavy atom. The average Bonchev–Trinajstić information content (AvgIpc) is 2.81. The molecule has 0 aliphatic carbocycles. The molecule has 0 aromatic carbocycles. The fourth-order valence-corrected chi connectivity index (χ4v) is 3.78. The van der Waals surface area contributed by atoms with Gasteiger partial charge >= 0.3 is 5.97 Å². The second-order valence-electron chi connectivity index (χ2n) is 4.85. The Morgan fingerprint density at radius 2 is 2.15 bits per heavy atom. The van der Waals surface area contributed by atoms with Gasteiger partial charge in [-0.15, -0.1) is 0 Å². The fraction of sp³-hybridized carbons (Fsp3) is 0.500. The molecule has 1 aliphatic rings. The number of aromatic nitrogens is 1. The first kappa shape index (κ1) is 14.7. The minimum absolute atomic E-state index is 0.0735. The third-order valence-electron chi connectivity index (χ3n) is 3.48. The van der Waals surface area contributed by atoms with Crippen molar-refractivity contribution in [2.45, 2.75) is 11.8 Å². The first-order valence-corrected chi connectivity index (χ1v) is 7.59. The van der Waals surface area contributed by atoms with E-state index in [1.165, 1.54) is 29.7 Å². The summed E-state index contributed by atoms with van der Waals surface area (Å²) in [6, 6.07) is 2.85. The number of rotatable bonds is 3. The summed E-state index contributed by atoms with van der Waals surface area (Å²) in [6.07, 6.45) is 1.22. The lowest BCUT2D eigenvalue weighted by Gasteiger charge is -2.15. The maximum Gasteiger partial charge on any atom is 0.310 e. The monoisotopic (exact) mass is 299 g/mol. The van der Waals surface area contributed by atoms with E-state index in [2.05, 4.69) is 4.98 Å². The zero-order valence-corrected chi connectivity index (χ0v) is 12.1. The van der Waals surface area contributed by atoms with Crippen LogP contribution < -0.4 is 5.73 Å². The molecule has 2 rings (SSSR count). The lowest BCUT2D eigenvalue weighted by Crippen LogP contribution is -2.30. The fourth-order valence-electron chi connectivity index (χ4n) is 2.27. The highest BCUT2D eigenvalue weighted by atomic mass is 32.2. The summed E-state index contributed by atoms with van der Waals surface area (Å²) < 4.78 is 30.9. The van der Waals surface area contributed by atoms with E-state index >= 15 is 0 Å². The van der Waals surface area contributed by atoms with Crippen molar-refractivity contribution in [2.75, 3.05) is 25.9 Å². The maximum absolute atomic E-state index is 12.4. The molecule has 0 saturated carbocycles. The molecule has 1 aliphatic heterocycles. The Bertz CT molecular complexity index is 600. The summed E-state index contributed by atoms with van der Waals surface area (Å²) in [4.78, 5) is 15.5.